The van der Waals surface area contributed by atoms with Crippen molar-refractivity contribution in [3.05, 3.63) is 23.9 Å². The van der Waals surface area contributed by atoms with Gasteiger partial charge in [0.15, 0.2) is 0 Å². The number of nitrogens with one attached hydrogen (secondary N) is 1. The summed E-state index contributed by atoms with van der Waals surface area (Å²) in [5.41, 5.74) is 1.19. The number of fused-ring (bicyclic) bond motifs is 1. The maximum absolute atomic E-state index is 12.9. The lowest BCUT2D eigenvalue weighted by Gasteiger charge is -2.48. The first kappa shape index (κ1) is 15.8. The molecule has 3 rings (SSSR count). The average molecular weight is 302 g/mol. The molecule has 1 N–H and O–H groups in total. The van der Waals surface area contributed by atoms with E-state index >= 15 is 0 Å². The second-order valence-electron chi connectivity index (χ2n) is 8.94. The van der Waals surface area contributed by atoms with Gasteiger partial charge in [-0.05, 0) is 63.5 Å². The van der Waals surface area contributed by atoms with Crippen LogP contribution in [-0.4, -0.2) is 29.4 Å². The number of amides is 1. The van der Waals surface area contributed by atoms with Gasteiger partial charge in [-0.2, -0.15) is 0 Å². The topological polar surface area (TPSA) is 32.3 Å². The predicted octanol–water partition coefficient (Wildman–Crippen LogP) is 3.34. The smallest absolute Gasteiger partial charge is 0.229 e. The Morgan fingerprint density at radius 1 is 1.32 bits per heavy atom. The van der Waals surface area contributed by atoms with Gasteiger partial charge in [0.2, 0.25) is 5.91 Å². The van der Waals surface area contributed by atoms with Crippen molar-refractivity contribution in [2.24, 2.45) is 23.2 Å². The Hall–Kier alpha value is -1.09. The zero-order valence-corrected chi connectivity index (χ0v) is 14.6. The van der Waals surface area contributed by atoms with E-state index in [2.05, 4.69) is 63.1 Å². The van der Waals surface area contributed by atoms with E-state index in [1.165, 1.54) is 6.42 Å². The van der Waals surface area contributed by atoms with Gasteiger partial charge >= 0.3 is 0 Å². The van der Waals surface area contributed by atoms with Crippen LogP contribution in [-0.2, 0) is 4.79 Å². The molecule has 3 aliphatic rings. The number of carbonyl (C=O) groups excluding carboxylic acids is 1. The monoisotopic (exact) mass is 302 g/mol. The lowest BCUT2D eigenvalue weighted by atomic mass is 9.72. The van der Waals surface area contributed by atoms with Crippen LogP contribution in [0.25, 0.3) is 0 Å². The zero-order valence-electron chi connectivity index (χ0n) is 14.6. The van der Waals surface area contributed by atoms with Crippen LogP contribution in [0.1, 0.15) is 47.5 Å². The first-order valence-corrected chi connectivity index (χ1v) is 8.63. The highest BCUT2D eigenvalue weighted by molar-refractivity contribution is 5.82. The first-order chi connectivity index (χ1) is 10.2. The second kappa shape index (κ2) is 5.23. The molecule has 0 bridgehead atoms. The molecule has 0 radical (unpaired) electrons. The Balaban J connectivity index is 1.69. The van der Waals surface area contributed by atoms with Crippen molar-refractivity contribution >= 4 is 5.91 Å². The molecule has 0 spiro atoms. The molecule has 0 aromatic heterocycles. The second-order valence-corrected chi connectivity index (χ2v) is 8.94. The van der Waals surface area contributed by atoms with Crippen LogP contribution in [0.15, 0.2) is 23.9 Å². The van der Waals surface area contributed by atoms with Gasteiger partial charge in [0.25, 0.3) is 0 Å². The Labute approximate surface area is 134 Å². The summed E-state index contributed by atoms with van der Waals surface area (Å²) < 4.78 is 0. The highest BCUT2D eigenvalue weighted by Gasteiger charge is 2.43. The largest absolute Gasteiger partial charge is 0.326 e. The fraction of sp³-hybridized carbons (Fsp3) is 0.737. The van der Waals surface area contributed by atoms with Crippen molar-refractivity contribution in [1.82, 2.24) is 10.2 Å². The van der Waals surface area contributed by atoms with Gasteiger partial charge in [-0.15, -0.1) is 0 Å². The molecule has 122 valence electrons. The van der Waals surface area contributed by atoms with E-state index in [1.807, 2.05) is 0 Å². The minimum atomic E-state index is 0.0479. The molecule has 3 heteroatoms. The van der Waals surface area contributed by atoms with Crippen LogP contribution in [0, 0.1) is 23.2 Å². The summed E-state index contributed by atoms with van der Waals surface area (Å²) in [4.78, 5) is 15.3. The van der Waals surface area contributed by atoms with Crippen molar-refractivity contribution in [3.63, 3.8) is 0 Å². The summed E-state index contributed by atoms with van der Waals surface area (Å²) in [7, 11) is 0. The van der Waals surface area contributed by atoms with Gasteiger partial charge in [0, 0.05) is 17.8 Å². The number of allylic oxidation sites excluding steroid dienone is 3. The van der Waals surface area contributed by atoms with Crippen molar-refractivity contribution in [2.75, 3.05) is 13.1 Å². The normalized spacial score (nSPS) is 33.9. The number of carbonyl (C=O) groups is 1. The first-order valence-electron chi connectivity index (χ1n) is 8.63. The van der Waals surface area contributed by atoms with Gasteiger partial charge in [-0.3, -0.25) is 9.69 Å². The maximum atomic E-state index is 12.9. The summed E-state index contributed by atoms with van der Waals surface area (Å²) in [6.07, 6.45) is 8.89. The minimum Gasteiger partial charge on any atom is -0.326 e. The zero-order chi connectivity index (χ0) is 16.1. The third-order valence-electron chi connectivity index (χ3n) is 5.71. The van der Waals surface area contributed by atoms with Crippen LogP contribution in [0.3, 0.4) is 0 Å². The minimum absolute atomic E-state index is 0.0479. The molecule has 1 saturated carbocycles. The lowest BCUT2D eigenvalue weighted by Crippen LogP contribution is -2.56. The van der Waals surface area contributed by atoms with E-state index in [9.17, 15) is 4.79 Å². The fourth-order valence-electron chi connectivity index (χ4n) is 3.68. The van der Waals surface area contributed by atoms with Gasteiger partial charge in [-0.25, -0.2) is 0 Å². The molecule has 3 unspecified atom stereocenters. The summed E-state index contributed by atoms with van der Waals surface area (Å²) >= 11 is 0. The van der Waals surface area contributed by atoms with Gasteiger partial charge in [-0.1, -0.05) is 26.0 Å². The molecular formula is C19H30N2O. The molecule has 0 aromatic rings. The Bertz CT molecular complexity index is 524. The van der Waals surface area contributed by atoms with Crippen LogP contribution >= 0.6 is 0 Å². The van der Waals surface area contributed by atoms with Gasteiger partial charge < -0.3 is 5.32 Å². The number of rotatable bonds is 2. The van der Waals surface area contributed by atoms with E-state index in [1.54, 1.807) is 0 Å². The highest BCUT2D eigenvalue weighted by Crippen LogP contribution is 2.44. The molecule has 0 aromatic carbocycles. The van der Waals surface area contributed by atoms with E-state index < -0.39 is 0 Å². The molecule has 1 amide bonds. The van der Waals surface area contributed by atoms with E-state index in [4.69, 9.17) is 0 Å². The third kappa shape index (κ3) is 3.15. The fourth-order valence-corrected chi connectivity index (χ4v) is 3.68. The lowest BCUT2D eigenvalue weighted by molar-refractivity contribution is -0.132. The SMILES string of the molecule is CC1(C)CCN(C(C)(C)C)CC1C(=O)NC1=CC2CC2C=C1. The van der Waals surface area contributed by atoms with Crippen molar-refractivity contribution in [3.8, 4) is 0 Å². The molecule has 1 heterocycles. The third-order valence-corrected chi connectivity index (χ3v) is 5.71. The van der Waals surface area contributed by atoms with Crippen molar-refractivity contribution in [1.29, 1.82) is 0 Å². The molecule has 22 heavy (non-hydrogen) atoms. The Morgan fingerprint density at radius 2 is 2.05 bits per heavy atom. The molecular weight excluding hydrogens is 272 g/mol. The van der Waals surface area contributed by atoms with Gasteiger partial charge in [0.1, 0.15) is 0 Å². The van der Waals surface area contributed by atoms with Gasteiger partial charge in [0.05, 0.1) is 5.92 Å². The number of nitrogens with zero attached hydrogens (tertiary/aromatic N) is 1. The molecule has 3 nitrogen and oxygen atoms in total. The van der Waals surface area contributed by atoms with E-state index in [0.29, 0.717) is 5.92 Å². The summed E-state index contributed by atoms with van der Waals surface area (Å²) in [5, 5.41) is 3.18. The van der Waals surface area contributed by atoms with Crippen molar-refractivity contribution < 1.29 is 4.79 Å². The highest BCUT2D eigenvalue weighted by atomic mass is 16.2. The van der Waals surface area contributed by atoms with E-state index in [-0.39, 0.29) is 22.8 Å². The standard InChI is InChI=1S/C19H30N2O/c1-18(2,3)21-9-8-19(4,5)16(12-21)17(22)20-15-7-6-13-10-14(13)11-15/h6-7,11,13-14,16H,8-10,12H2,1-5H3,(H,20,22). The molecule has 1 saturated heterocycles. The Morgan fingerprint density at radius 3 is 2.68 bits per heavy atom. The molecule has 2 aliphatic carbocycles. The van der Waals surface area contributed by atoms with Crippen LogP contribution in [0.4, 0.5) is 0 Å². The number of likely N-dealkylation sites (tertiary alicyclic amines) is 1. The predicted molar refractivity (Wildman–Crippen MR) is 90.2 cm³/mol. The maximum Gasteiger partial charge on any atom is 0.229 e. The quantitative estimate of drug-likeness (QED) is 0.848. The summed E-state index contributed by atoms with van der Waals surface area (Å²) in [6, 6.07) is 0. The molecule has 1 aliphatic heterocycles. The number of piperidine rings is 1. The van der Waals surface area contributed by atoms with Crippen LogP contribution < -0.4 is 5.32 Å². The summed E-state index contributed by atoms with van der Waals surface area (Å²) in [6.45, 7) is 13.1. The number of hydrogen-bond donors (Lipinski definition) is 1. The average Bonchev–Trinajstić information content (AvgIpc) is 3.15. The molecule has 3 atom stereocenters. The van der Waals surface area contributed by atoms with Crippen LogP contribution in [0.2, 0.25) is 0 Å². The number of hydrogen-bond acceptors (Lipinski definition) is 2. The van der Waals surface area contributed by atoms with Crippen LogP contribution in [0.5, 0.6) is 0 Å². The van der Waals surface area contributed by atoms with E-state index in [0.717, 1.165) is 31.1 Å². The molecule has 2 fully saturated rings. The summed E-state index contributed by atoms with van der Waals surface area (Å²) in [5.74, 6) is 1.65. The van der Waals surface area contributed by atoms with Crippen molar-refractivity contribution in [2.45, 2.75) is 53.0 Å². The Kier molecular flexibility index (Phi) is 3.75.